The van der Waals surface area contributed by atoms with E-state index in [2.05, 4.69) is 0 Å². The third kappa shape index (κ3) is 2.84. The molecule has 0 aliphatic carbocycles. The summed E-state index contributed by atoms with van der Waals surface area (Å²) < 4.78 is 39.3. The van der Waals surface area contributed by atoms with Gasteiger partial charge in [-0.3, -0.25) is 0 Å². The monoisotopic (exact) mass is 262 g/mol. The lowest BCUT2D eigenvalue weighted by Gasteiger charge is -2.25. The third-order valence-electron chi connectivity index (χ3n) is 3.24. The van der Waals surface area contributed by atoms with Crippen molar-refractivity contribution >= 4 is 0 Å². The van der Waals surface area contributed by atoms with E-state index in [1.54, 1.807) is 0 Å². The van der Waals surface area contributed by atoms with E-state index in [0.717, 1.165) is 12.1 Å². The fourth-order valence-electron chi connectivity index (χ4n) is 1.98. The van der Waals surface area contributed by atoms with Gasteiger partial charge in [0.25, 0.3) is 0 Å². The van der Waals surface area contributed by atoms with Crippen LogP contribution in [0.25, 0.3) is 0 Å². The third-order valence-corrected chi connectivity index (χ3v) is 3.24. The van der Waals surface area contributed by atoms with Crippen molar-refractivity contribution in [3.05, 3.63) is 35.1 Å². The average molecular weight is 262 g/mol. The van der Waals surface area contributed by atoms with E-state index >= 15 is 0 Å². The van der Waals surface area contributed by atoms with Gasteiger partial charge in [0.2, 0.25) is 0 Å². The smallest absolute Gasteiger partial charge is 0.194 e. The lowest BCUT2D eigenvalue weighted by atomic mass is 9.89. The molecule has 2 atom stereocenters. The molecule has 0 saturated carbocycles. The topological polar surface area (TPSA) is 40.5 Å². The normalized spacial score (nSPS) is 14.9. The van der Waals surface area contributed by atoms with Gasteiger partial charge >= 0.3 is 0 Å². The van der Waals surface area contributed by atoms with Crippen molar-refractivity contribution in [2.45, 2.75) is 38.9 Å². The van der Waals surface area contributed by atoms with Crippen molar-refractivity contribution in [3.8, 4) is 0 Å². The summed E-state index contributed by atoms with van der Waals surface area (Å²) in [7, 11) is 0. The van der Waals surface area contributed by atoms with Crippen LogP contribution < -0.4 is 0 Å². The Morgan fingerprint density at radius 2 is 1.56 bits per heavy atom. The van der Waals surface area contributed by atoms with Crippen molar-refractivity contribution in [1.82, 2.24) is 0 Å². The van der Waals surface area contributed by atoms with Crippen LogP contribution >= 0.6 is 0 Å². The number of hydrogen-bond acceptors (Lipinski definition) is 2. The second-order valence-corrected chi connectivity index (χ2v) is 4.28. The van der Waals surface area contributed by atoms with Crippen LogP contribution in [-0.4, -0.2) is 16.3 Å². The molecular formula is C13H17F3O2. The van der Waals surface area contributed by atoms with E-state index in [-0.39, 0.29) is 5.92 Å². The number of halogens is 3. The zero-order valence-corrected chi connectivity index (χ0v) is 10.3. The van der Waals surface area contributed by atoms with Gasteiger partial charge in [0, 0.05) is 5.56 Å². The molecule has 18 heavy (non-hydrogen) atoms. The molecule has 102 valence electrons. The van der Waals surface area contributed by atoms with Crippen LogP contribution in [0.3, 0.4) is 0 Å². The van der Waals surface area contributed by atoms with Crippen molar-refractivity contribution in [3.63, 3.8) is 0 Å². The van der Waals surface area contributed by atoms with Gasteiger partial charge in [0.05, 0.1) is 6.10 Å². The van der Waals surface area contributed by atoms with Crippen LogP contribution in [0.1, 0.15) is 38.4 Å². The summed E-state index contributed by atoms with van der Waals surface area (Å²) in [6, 6.07) is 1.68. The molecule has 0 heterocycles. The van der Waals surface area contributed by atoms with Crippen LogP contribution in [0.4, 0.5) is 13.2 Å². The molecule has 0 aliphatic heterocycles. The van der Waals surface area contributed by atoms with Crippen LogP contribution in [0, 0.1) is 23.4 Å². The Kier molecular flexibility index (Phi) is 5.16. The molecule has 0 aromatic heterocycles. The molecule has 1 aromatic rings. The lowest BCUT2D eigenvalue weighted by Crippen LogP contribution is -2.28. The van der Waals surface area contributed by atoms with Gasteiger partial charge in [0.1, 0.15) is 6.10 Å². The van der Waals surface area contributed by atoms with Crippen LogP contribution in [0.2, 0.25) is 0 Å². The van der Waals surface area contributed by atoms with Gasteiger partial charge in [-0.2, -0.15) is 0 Å². The van der Waals surface area contributed by atoms with Gasteiger partial charge in [-0.05, 0) is 12.0 Å². The first-order valence-electron chi connectivity index (χ1n) is 5.93. The summed E-state index contributed by atoms with van der Waals surface area (Å²) >= 11 is 0. The van der Waals surface area contributed by atoms with Crippen molar-refractivity contribution in [2.75, 3.05) is 0 Å². The Labute approximate surface area is 104 Å². The zero-order chi connectivity index (χ0) is 13.9. The first kappa shape index (κ1) is 15.0. The van der Waals surface area contributed by atoms with Gasteiger partial charge in [-0.15, -0.1) is 0 Å². The summed E-state index contributed by atoms with van der Waals surface area (Å²) in [5.74, 6) is -4.64. The van der Waals surface area contributed by atoms with Gasteiger partial charge in [0.15, 0.2) is 17.5 Å². The molecule has 0 bridgehead atoms. The number of aliphatic hydroxyl groups is 2. The molecule has 0 spiro atoms. The number of rotatable bonds is 5. The fourth-order valence-corrected chi connectivity index (χ4v) is 1.98. The maximum Gasteiger partial charge on any atom is 0.194 e. The summed E-state index contributed by atoms with van der Waals surface area (Å²) in [5.41, 5.74) is -0.423. The Morgan fingerprint density at radius 3 is 2.06 bits per heavy atom. The van der Waals surface area contributed by atoms with E-state index in [9.17, 15) is 23.4 Å². The van der Waals surface area contributed by atoms with E-state index in [4.69, 9.17) is 0 Å². The molecule has 5 heteroatoms. The van der Waals surface area contributed by atoms with E-state index in [1.165, 1.54) is 0 Å². The maximum absolute atomic E-state index is 13.5. The average Bonchev–Trinajstić information content (AvgIpc) is 2.36. The minimum atomic E-state index is -1.64. The lowest BCUT2D eigenvalue weighted by molar-refractivity contribution is -0.0229. The summed E-state index contributed by atoms with van der Waals surface area (Å²) in [6.07, 6.45) is -1.58. The second kappa shape index (κ2) is 6.20. The number of hydrogen-bond donors (Lipinski definition) is 2. The highest BCUT2D eigenvalue weighted by atomic mass is 19.2. The molecule has 2 unspecified atom stereocenters. The predicted molar refractivity (Wildman–Crippen MR) is 61.4 cm³/mol. The molecule has 1 rings (SSSR count). The van der Waals surface area contributed by atoms with E-state index in [0.29, 0.717) is 12.8 Å². The standard InChI is InChI=1S/C13H17F3O2/c1-3-7(4-2)12(17)13(18)8-5-6-9(14)11(16)10(8)15/h5-7,12-13,17-18H,3-4H2,1-2H3. The second-order valence-electron chi connectivity index (χ2n) is 4.28. The van der Waals surface area contributed by atoms with Crippen molar-refractivity contribution in [1.29, 1.82) is 0 Å². The summed E-state index contributed by atoms with van der Waals surface area (Å²) in [5, 5.41) is 19.7. The van der Waals surface area contributed by atoms with Gasteiger partial charge < -0.3 is 10.2 Å². The molecular weight excluding hydrogens is 245 g/mol. The Morgan fingerprint density at radius 1 is 1.00 bits per heavy atom. The minimum Gasteiger partial charge on any atom is -0.390 e. The highest BCUT2D eigenvalue weighted by Gasteiger charge is 2.28. The van der Waals surface area contributed by atoms with Crippen molar-refractivity contribution < 1.29 is 23.4 Å². The SMILES string of the molecule is CCC(CC)C(O)C(O)c1ccc(F)c(F)c1F. The molecule has 2 nitrogen and oxygen atoms in total. The molecule has 0 radical (unpaired) electrons. The maximum atomic E-state index is 13.5. The number of aliphatic hydroxyl groups excluding tert-OH is 2. The molecule has 0 saturated heterocycles. The van der Waals surface area contributed by atoms with Crippen LogP contribution in [-0.2, 0) is 0 Å². The Balaban J connectivity index is 3.04. The highest BCUT2D eigenvalue weighted by molar-refractivity contribution is 5.23. The number of benzene rings is 1. The largest absolute Gasteiger partial charge is 0.390 e. The summed E-state index contributed by atoms with van der Waals surface area (Å²) in [4.78, 5) is 0. The molecule has 0 fully saturated rings. The van der Waals surface area contributed by atoms with Crippen LogP contribution in [0.5, 0.6) is 0 Å². The molecule has 1 aromatic carbocycles. The first-order valence-corrected chi connectivity index (χ1v) is 5.93. The zero-order valence-electron chi connectivity index (χ0n) is 10.3. The van der Waals surface area contributed by atoms with E-state index < -0.39 is 35.2 Å². The highest BCUT2D eigenvalue weighted by Crippen LogP contribution is 2.29. The first-order chi connectivity index (χ1) is 8.43. The predicted octanol–water partition coefficient (Wildman–Crippen LogP) is 2.93. The van der Waals surface area contributed by atoms with Gasteiger partial charge in [-0.25, -0.2) is 13.2 Å². The molecule has 2 N–H and O–H groups in total. The van der Waals surface area contributed by atoms with E-state index in [1.807, 2.05) is 13.8 Å². The van der Waals surface area contributed by atoms with Crippen LogP contribution in [0.15, 0.2) is 12.1 Å². The molecule has 0 aliphatic rings. The summed E-state index contributed by atoms with van der Waals surface area (Å²) in [6.45, 7) is 3.65. The van der Waals surface area contributed by atoms with Gasteiger partial charge in [-0.1, -0.05) is 32.8 Å². The fraction of sp³-hybridized carbons (Fsp3) is 0.538. The Hall–Kier alpha value is -1.07. The minimum absolute atomic E-state index is 0.229. The quantitative estimate of drug-likeness (QED) is 0.801. The molecule has 0 amide bonds. The Bertz CT molecular complexity index is 405. The van der Waals surface area contributed by atoms with Crippen molar-refractivity contribution in [2.24, 2.45) is 5.92 Å².